The molecule has 1 amide bonds. The van der Waals surface area contributed by atoms with Crippen molar-refractivity contribution in [3.63, 3.8) is 0 Å². The molecule has 176 valence electrons. The van der Waals surface area contributed by atoms with E-state index in [0.29, 0.717) is 24.5 Å². The quantitative estimate of drug-likeness (QED) is 0.375. The van der Waals surface area contributed by atoms with Crippen LogP contribution < -0.4 is 20.1 Å². The minimum atomic E-state index is -0.919. The normalized spacial score (nSPS) is 12.4. The fraction of sp³-hybridized carbons (Fsp3) is 0.360. The van der Waals surface area contributed by atoms with Crippen LogP contribution >= 0.6 is 0 Å². The van der Waals surface area contributed by atoms with Gasteiger partial charge in [-0.1, -0.05) is 24.3 Å². The molecule has 0 radical (unpaired) electrons. The first-order valence-electron chi connectivity index (χ1n) is 10.8. The summed E-state index contributed by atoms with van der Waals surface area (Å²) >= 11 is 0. The van der Waals surface area contributed by atoms with Crippen molar-refractivity contribution < 1.29 is 24.2 Å². The van der Waals surface area contributed by atoms with E-state index in [0.717, 1.165) is 22.0 Å². The van der Waals surface area contributed by atoms with Crippen molar-refractivity contribution in [1.29, 1.82) is 0 Å². The van der Waals surface area contributed by atoms with Crippen molar-refractivity contribution in [1.82, 2.24) is 15.6 Å². The Kier molecular flexibility index (Phi) is 7.60. The molecule has 0 fully saturated rings. The molecule has 0 aliphatic heterocycles. The van der Waals surface area contributed by atoms with E-state index in [2.05, 4.69) is 15.6 Å². The lowest BCUT2D eigenvalue weighted by molar-refractivity contribution is -0.139. The van der Waals surface area contributed by atoms with Crippen LogP contribution in [-0.2, 0) is 22.6 Å². The number of para-hydroxylation sites is 1. The second-order valence-electron chi connectivity index (χ2n) is 8.91. The van der Waals surface area contributed by atoms with Gasteiger partial charge in [0.2, 0.25) is 0 Å². The number of amides is 1. The number of aromatic amines is 1. The summed E-state index contributed by atoms with van der Waals surface area (Å²) in [7, 11) is 1.52. The van der Waals surface area contributed by atoms with E-state index in [1.165, 1.54) is 7.11 Å². The lowest BCUT2D eigenvalue weighted by Crippen LogP contribution is -2.43. The zero-order valence-electron chi connectivity index (χ0n) is 19.4. The van der Waals surface area contributed by atoms with Gasteiger partial charge in [0.1, 0.15) is 6.04 Å². The molecule has 8 nitrogen and oxygen atoms in total. The number of carboxylic acid groups (broad SMARTS) is 1. The van der Waals surface area contributed by atoms with Crippen LogP contribution in [0.25, 0.3) is 10.9 Å². The first-order valence-corrected chi connectivity index (χ1v) is 10.8. The first kappa shape index (κ1) is 24.1. The van der Waals surface area contributed by atoms with Crippen molar-refractivity contribution in [2.75, 3.05) is 13.7 Å². The number of aromatic nitrogens is 1. The Morgan fingerprint density at radius 1 is 1.12 bits per heavy atom. The van der Waals surface area contributed by atoms with Gasteiger partial charge in [0.15, 0.2) is 18.1 Å². The van der Waals surface area contributed by atoms with E-state index in [9.17, 15) is 14.7 Å². The number of ether oxygens (including phenoxy) is 2. The van der Waals surface area contributed by atoms with Crippen LogP contribution in [0.2, 0.25) is 0 Å². The molecular weight excluding hydrogens is 422 g/mol. The number of carbonyl (C=O) groups is 2. The molecule has 0 spiro atoms. The summed E-state index contributed by atoms with van der Waals surface area (Å²) in [6.45, 7) is 5.90. The fourth-order valence-corrected chi connectivity index (χ4v) is 3.55. The monoisotopic (exact) mass is 453 g/mol. The number of nitrogens with one attached hydrogen (secondary N) is 3. The Morgan fingerprint density at radius 2 is 1.88 bits per heavy atom. The third-order valence-electron chi connectivity index (χ3n) is 5.05. The molecule has 0 aliphatic rings. The maximum atomic E-state index is 12.0. The Morgan fingerprint density at radius 3 is 2.58 bits per heavy atom. The predicted molar refractivity (Wildman–Crippen MR) is 127 cm³/mol. The van der Waals surface area contributed by atoms with E-state index < -0.39 is 12.0 Å². The van der Waals surface area contributed by atoms with Gasteiger partial charge in [-0.15, -0.1) is 0 Å². The standard InChI is InChI=1S/C25H31N3O5/c1-25(2,3)28-23(29)15-33-21-10-9-16(11-22(21)32-4)13-26-20(24(30)31)12-17-14-27-19-8-6-5-7-18(17)19/h5-11,14,20,26-27H,12-13,15H2,1-4H3,(H,28,29)(H,30,31)/t20-/m0/s1. The number of hydrogen-bond donors (Lipinski definition) is 4. The van der Waals surface area contributed by atoms with Gasteiger partial charge < -0.3 is 30.2 Å². The van der Waals surface area contributed by atoms with Crippen LogP contribution in [0.5, 0.6) is 11.5 Å². The average Bonchev–Trinajstić information content (AvgIpc) is 3.17. The van der Waals surface area contributed by atoms with Gasteiger partial charge in [-0.05, 0) is 50.1 Å². The fourth-order valence-electron chi connectivity index (χ4n) is 3.55. The molecule has 8 heteroatoms. The molecule has 1 heterocycles. The van der Waals surface area contributed by atoms with Gasteiger partial charge >= 0.3 is 5.97 Å². The highest BCUT2D eigenvalue weighted by molar-refractivity contribution is 5.84. The Bertz CT molecular complexity index is 1120. The minimum Gasteiger partial charge on any atom is -0.493 e. The summed E-state index contributed by atoms with van der Waals surface area (Å²) in [4.78, 5) is 27.0. The summed E-state index contributed by atoms with van der Waals surface area (Å²) in [5.74, 6) is -0.228. The van der Waals surface area contributed by atoms with E-state index in [1.54, 1.807) is 12.1 Å². The number of carboxylic acids is 1. The van der Waals surface area contributed by atoms with E-state index in [-0.39, 0.29) is 18.1 Å². The number of H-pyrrole nitrogens is 1. The number of benzene rings is 2. The molecule has 0 unspecified atom stereocenters. The molecule has 0 saturated heterocycles. The number of rotatable bonds is 10. The summed E-state index contributed by atoms with van der Waals surface area (Å²) < 4.78 is 11.0. The average molecular weight is 454 g/mol. The number of carbonyl (C=O) groups excluding carboxylic acids is 1. The summed E-state index contributed by atoms with van der Waals surface area (Å²) in [5, 5.41) is 16.7. The molecule has 0 bridgehead atoms. The first-order chi connectivity index (χ1) is 15.7. The predicted octanol–water partition coefficient (Wildman–Crippen LogP) is 3.26. The molecule has 2 aromatic carbocycles. The highest BCUT2D eigenvalue weighted by atomic mass is 16.5. The van der Waals surface area contributed by atoms with Crippen LogP contribution in [0.3, 0.4) is 0 Å². The Balaban J connectivity index is 1.63. The lowest BCUT2D eigenvalue weighted by atomic mass is 10.0. The topological polar surface area (TPSA) is 113 Å². The molecule has 0 aliphatic carbocycles. The zero-order chi connectivity index (χ0) is 24.0. The van der Waals surface area contributed by atoms with Crippen LogP contribution in [0.4, 0.5) is 0 Å². The number of fused-ring (bicyclic) bond motifs is 1. The highest BCUT2D eigenvalue weighted by Crippen LogP contribution is 2.28. The van der Waals surface area contributed by atoms with Crippen molar-refractivity contribution in [3.8, 4) is 11.5 Å². The maximum Gasteiger partial charge on any atom is 0.321 e. The smallest absolute Gasteiger partial charge is 0.321 e. The van der Waals surface area contributed by atoms with Gasteiger partial charge in [0, 0.05) is 35.6 Å². The van der Waals surface area contributed by atoms with Gasteiger partial charge in [0.05, 0.1) is 7.11 Å². The SMILES string of the molecule is COc1cc(CN[C@@H](Cc2c[nH]c3ccccc23)C(=O)O)ccc1OCC(=O)NC(C)(C)C. The van der Waals surface area contributed by atoms with Gasteiger partial charge in [-0.3, -0.25) is 9.59 Å². The summed E-state index contributed by atoms with van der Waals surface area (Å²) in [6, 6.07) is 12.4. The Labute approximate surface area is 193 Å². The maximum absolute atomic E-state index is 12.0. The molecule has 1 aromatic heterocycles. The molecule has 4 N–H and O–H groups in total. The summed E-state index contributed by atoms with van der Waals surface area (Å²) in [6.07, 6.45) is 2.20. The molecule has 3 aromatic rings. The van der Waals surface area contributed by atoms with Gasteiger partial charge in [-0.2, -0.15) is 0 Å². The van der Waals surface area contributed by atoms with Crippen molar-refractivity contribution in [2.24, 2.45) is 0 Å². The van der Waals surface area contributed by atoms with Crippen molar-refractivity contribution in [3.05, 3.63) is 59.8 Å². The van der Waals surface area contributed by atoms with Crippen LogP contribution in [0.15, 0.2) is 48.7 Å². The molecule has 3 rings (SSSR count). The lowest BCUT2D eigenvalue weighted by Gasteiger charge is -2.21. The van der Waals surface area contributed by atoms with E-state index >= 15 is 0 Å². The second kappa shape index (κ2) is 10.4. The van der Waals surface area contributed by atoms with Crippen LogP contribution in [0.1, 0.15) is 31.9 Å². The summed E-state index contributed by atoms with van der Waals surface area (Å²) in [5.41, 5.74) is 2.42. The molecule has 0 saturated carbocycles. The third-order valence-corrected chi connectivity index (χ3v) is 5.05. The molecule has 1 atom stereocenters. The third kappa shape index (κ3) is 6.73. The zero-order valence-corrected chi connectivity index (χ0v) is 19.4. The molecule has 33 heavy (non-hydrogen) atoms. The largest absolute Gasteiger partial charge is 0.493 e. The van der Waals surface area contributed by atoms with Crippen LogP contribution in [0, 0.1) is 0 Å². The highest BCUT2D eigenvalue weighted by Gasteiger charge is 2.20. The number of methoxy groups -OCH3 is 1. The second-order valence-corrected chi connectivity index (χ2v) is 8.91. The van der Waals surface area contributed by atoms with Crippen molar-refractivity contribution >= 4 is 22.8 Å². The number of aliphatic carboxylic acids is 1. The van der Waals surface area contributed by atoms with Crippen LogP contribution in [-0.4, -0.2) is 47.3 Å². The van der Waals surface area contributed by atoms with E-state index in [4.69, 9.17) is 9.47 Å². The van der Waals surface area contributed by atoms with E-state index in [1.807, 2.05) is 57.3 Å². The Hall–Kier alpha value is -3.52. The molecular formula is C25H31N3O5. The van der Waals surface area contributed by atoms with Gasteiger partial charge in [0.25, 0.3) is 5.91 Å². The number of hydrogen-bond acceptors (Lipinski definition) is 5. The van der Waals surface area contributed by atoms with Crippen molar-refractivity contribution in [2.45, 2.75) is 45.3 Å². The van der Waals surface area contributed by atoms with Gasteiger partial charge in [-0.25, -0.2) is 0 Å². The minimum absolute atomic E-state index is 0.128.